The summed E-state index contributed by atoms with van der Waals surface area (Å²) in [5, 5.41) is 11.1. The smallest absolute Gasteiger partial charge is 0.179 e. The number of nitrogens with zero attached hydrogens (tertiary/aromatic N) is 1. The molecule has 33 heavy (non-hydrogen) atoms. The van der Waals surface area contributed by atoms with Gasteiger partial charge in [-0.25, -0.2) is 0 Å². The summed E-state index contributed by atoms with van der Waals surface area (Å²) in [5.41, 5.74) is 0. The highest BCUT2D eigenvalue weighted by Gasteiger charge is 2.23. The van der Waals surface area contributed by atoms with Crippen molar-refractivity contribution >= 4 is 46.4 Å². The van der Waals surface area contributed by atoms with Crippen LogP contribution in [0.2, 0.25) is 20.1 Å². The number of hydrogen-bond acceptors (Lipinski definition) is 5. The molecule has 3 rings (SSSR count). The third kappa shape index (κ3) is 8.48. The standard InChI is InChI=1S/C16H23Cl2NO2.C8H8Cl2O2/c1-3-19-8-5-6-13(19)7-9-21-15-11-12(17)10-14(18)16(15)20-4-2;1-2-12-8-6(10)3-5(9)4-7(8)11/h10-11,13H,3-9H2,1-2H3;3-4,11H,2H2,1H3. The molecule has 1 saturated heterocycles. The van der Waals surface area contributed by atoms with E-state index in [9.17, 15) is 5.11 Å². The number of halogens is 4. The summed E-state index contributed by atoms with van der Waals surface area (Å²) in [6.07, 6.45) is 3.56. The molecule has 2 aromatic rings. The molecule has 0 aliphatic carbocycles. The van der Waals surface area contributed by atoms with Gasteiger partial charge >= 0.3 is 0 Å². The zero-order valence-corrected chi connectivity index (χ0v) is 22.2. The molecule has 184 valence electrons. The molecule has 0 spiro atoms. The first-order valence-corrected chi connectivity index (χ1v) is 12.6. The minimum Gasteiger partial charge on any atom is -0.504 e. The van der Waals surface area contributed by atoms with Crippen molar-refractivity contribution in [1.82, 2.24) is 4.90 Å². The summed E-state index contributed by atoms with van der Waals surface area (Å²) in [7, 11) is 0. The number of phenolic OH excluding ortho intramolecular Hbond substituents is 1. The van der Waals surface area contributed by atoms with Crippen molar-refractivity contribution < 1.29 is 19.3 Å². The molecule has 0 amide bonds. The lowest BCUT2D eigenvalue weighted by atomic mass is 10.1. The van der Waals surface area contributed by atoms with Gasteiger partial charge in [0.05, 0.1) is 29.9 Å². The van der Waals surface area contributed by atoms with Crippen LogP contribution in [0.15, 0.2) is 24.3 Å². The number of phenols is 1. The fraction of sp³-hybridized carbons (Fsp3) is 0.500. The van der Waals surface area contributed by atoms with Crippen LogP contribution in [0.25, 0.3) is 0 Å². The van der Waals surface area contributed by atoms with Gasteiger partial charge < -0.3 is 24.2 Å². The van der Waals surface area contributed by atoms with Gasteiger partial charge in [0.2, 0.25) is 0 Å². The number of likely N-dealkylation sites (tertiary alicyclic amines) is 1. The lowest BCUT2D eigenvalue weighted by molar-refractivity contribution is 0.206. The third-order valence-electron chi connectivity index (χ3n) is 5.15. The topological polar surface area (TPSA) is 51.2 Å². The van der Waals surface area contributed by atoms with Crippen LogP contribution in [0.5, 0.6) is 23.0 Å². The van der Waals surface area contributed by atoms with Gasteiger partial charge in [-0.3, -0.25) is 0 Å². The molecule has 0 aromatic heterocycles. The Balaban J connectivity index is 0.000000273. The molecule has 1 unspecified atom stereocenters. The van der Waals surface area contributed by atoms with E-state index in [2.05, 4.69) is 11.8 Å². The van der Waals surface area contributed by atoms with E-state index >= 15 is 0 Å². The molecule has 0 radical (unpaired) electrons. The minimum atomic E-state index is -0.0330. The highest BCUT2D eigenvalue weighted by atomic mass is 35.5. The van der Waals surface area contributed by atoms with Gasteiger partial charge in [0.15, 0.2) is 23.0 Å². The Morgan fingerprint density at radius 2 is 1.48 bits per heavy atom. The van der Waals surface area contributed by atoms with E-state index in [4.69, 9.17) is 60.6 Å². The second kappa shape index (κ2) is 14.2. The molecule has 0 saturated carbocycles. The monoisotopic (exact) mass is 537 g/mol. The molecular weight excluding hydrogens is 508 g/mol. The van der Waals surface area contributed by atoms with Gasteiger partial charge in [0, 0.05) is 28.2 Å². The molecule has 1 aliphatic rings. The van der Waals surface area contributed by atoms with Gasteiger partial charge in [-0.1, -0.05) is 53.3 Å². The first-order valence-electron chi connectivity index (χ1n) is 11.1. The van der Waals surface area contributed by atoms with Crippen LogP contribution in [0.1, 0.15) is 40.0 Å². The van der Waals surface area contributed by atoms with E-state index in [1.807, 2.05) is 13.8 Å². The summed E-state index contributed by atoms with van der Waals surface area (Å²) >= 11 is 23.6. The third-order valence-corrected chi connectivity index (χ3v) is 6.15. The van der Waals surface area contributed by atoms with Gasteiger partial charge in [0.1, 0.15) is 0 Å². The van der Waals surface area contributed by atoms with Crippen molar-refractivity contribution in [2.45, 2.75) is 46.1 Å². The largest absolute Gasteiger partial charge is 0.504 e. The Morgan fingerprint density at radius 3 is 2.09 bits per heavy atom. The van der Waals surface area contributed by atoms with Gasteiger partial charge in [-0.15, -0.1) is 0 Å². The highest BCUT2D eigenvalue weighted by Crippen LogP contribution is 2.39. The van der Waals surface area contributed by atoms with Crippen LogP contribution in [-0.2, 0) is 0 Å². The Kier molecular flexibility index (Phi) is 12.1. The molecule has 0 bridgehead atoms. The Labute approximate surface area is 216 Å². The molecule has 2 aromatic carbocycles. The van der Waals surface area contributed by atoms with E-state index in [0.717, 1.165) is 13.0 Å². The Bertz CT molecular complexity index is 874. The van der Waals surface area contributed by atoms with Crippen LogP contribution in [0.4, 0.5) is 0 Å². The quantitative estimate of drug-likeness (QED) is 0.353. The lowest BCUT2D eigenvalue weighted by Gasteiger charge is -2.23. The average Bonchev–Trinajstić information content (AvgIpc) is 3.21. The van der Waals surface area contributed by atoms with Crippen molar-refractivity contribution in [1.29, 1.82) is 0 Å². The summed E-state index contributed by atoms with van der Waals surface area (Å²) in [4.78, 5) is 2.51. The zero-order valence-electron chi connectivity index (χ0n) is 19.2. The van der Waals surface area contributed by atoms with Crippen LogP contribution < -0.4 is 14.2 Å². The lowest BCUT2D eigenvalue weighted by Crippen LogP contribution is -2.30. The van der Waals surface area contributed by atoms with Crippen LogP contribution in [0.3, 0.4) is 0 Å². The molecule has 5 nitrogen and oxygen atoms in total. The molecule has 1 N–H and O–H groups in total. The molecule has 1 aliphatic heterocycles. The second-order valence-electron chi connectivity index (χ2n) is 7.38. The second-order valence-corrected chi connectivity index (χ2v) is 9.07. The first-order chi connectivity index (χ1) is 15.8. The van der Waals surface area contributed by atoms with Crippen molar-refractivity contribution in [2.24, 2.45) is 0 Å². The molecule has 9 heteroatoms. The van der Waals surface area contributed by atoms with Crippen LogP contribution in [0, 0.1) is 0 Å². The van der Waals surface area contributed by atoms with E-state index in [-0.39, 0.29) is 11.5 Å². The SMILES string of the molecule is CCOc1c(Cl)cc(Cl)cc1OCCC1CCCN1CC.CCOc1c(O)cc(Cl)cc1Cl. The maximum absolute atomic E-state index is 9.31. The van der Waals surface area contributed by atoms with E-state index < -0.39 is 0 Å². The van der Waals surface area contributed by atoms with Crippen molar-refractivity contribution in [3.05, 3.63) is 44.4 Å². The average molecular weight is 539 g/mol. The van der Waals surface area contributed by atoms with E-state index in [0.29, 0.717) is 57.5 Å². The number of ether oxygens (including phenoxy) is 3. The first kappa shape index (κ1) is 28.0. The van der Waals surface area contributed by atoms with Crippen LogP contribution >= 0.6 is 46.4 Å². The summed E-state index contributed by atoms with van der Waals surface area (Å²) < 4.78 is 16.5. The van der Waals surface area contributed by atoms with E-state index in [1.54, 1.807) is 12.1 Å². The predicted octanol–water partition coefficient (Wildman–Crippen LogP) is 7.74. The maximum atomic E-state index is 9.31. The fourth-order valence-corrected chi connectivity index (χ4v) is 4.77. The van der Waals surface area contributed by atoms with Gasteiger partial charge in [-0.2, -0.15) is 0 Å². The van der Waals surface area contributed by atoms with Crippen molar-refractivity contribution in [3.8, 4) is 23.0 Å². The zero-order chi connectivity index (χ0) is 24.4. The predicted molar refractivity (Wildman–Crippen MR) is 137 cm³/mol. The number of benzene rings is 2. The Hall–Kier alpha value is -1.24. The maximum Gasteiger partial charge on any atom is 0.179 e. The van der Waals surface area contributed by atoms with Crippen LogP contribution in [-0.4, -0.2) is 49.0 Å². The fourth-order valence-electron chi connectivity index (χ4n) is 3.71. The summed E-state index contributed by atoms with van der Waals surface area (Å²) in [5.74, 6) is 1.47. The number of hydrogen-bond donors (Lipinski definition) is 1. The van der Waals surface area contributed by atoms with Gasteiger partial charge in [0.25, 0.3) is 0 Å². The van der Waals surface area contributed by atoms with Crippen molar-refractivity contribution in [3.63, 3.8) is 0 Å². The Morgan fingerprint density at radius 1 is 0.879 bits per heavy atom. The van der Waals surface area contributed by atoms with Gasteiger partial charge in [-0.05, 0) is 58.3 Å². The minimum absolute atomic E-state index is 0.0330. The summed E-state index contributed by atoms with van der Waals surface area (Å²) in [6.45, 7) is 9.91. The highest BCUT2D eigenvalue weighted by molar-refractivity contribution is 6.36. The van der Waals surface area contributed by atoms with Crippen molar-refractivity contribution in [2.75, 3.05) is 32.9 Å². The summed E-state index contributed by atoms with van der Waals surface area (Å²) in [6, 6.07) is 6.98. The normalized spacial score (nSPS) is 15.7. The molecule has 1 atom stereocenters. The number of rotatable bonds is 9. The molecular formula is C24H31Cl4NO4. The van der Waals surface area contributed by atoms with E-state index in [1.165, 1.54) is 31.5 Å². The number of aromatic hydroxyl groups is 1. The molecule has 1 fully saturated rings. The molecule has 1 heterocycles.